The molecule has 1 heterocycles. The van der Waals surface area contributed by atoms with Crippen molar-refractivity contribution in [3.05, 3.63) is 89.0 Å². The molecule has 7 nitrogen and oxygen atoms in total. The average Bonchev–Trinajstić information content (AvgIpc) is 3.68. The molecule has 35 heavy (non-hydrogen) atoms. The van der Waals surface area contributed by atoms with Crippen LogP contribution in [0.25, 0.3) is 0 Å². The third-order valence-electron chi connectivity index (χ3n) is 6.20. The van der Waals surface area contributed by atoms with E-state index in [0.717, 1.165) is 12.0 Å². The topological polar surface area (TPSA) is 90.9 Å². The second-order valence-corrected chi connectivity index (χ2v) is 8.85. The van der Waals surface area contributed by atoms with Crippen LogP contribution in [0.5, 0.6) is 17.2 Å². The second-order valence-electron chi connectivity index (χ2n) is 8.85. The highest BCUT2D eigenvalue weighted by molar-refractivity contribution is 6.09. The molecule has 1 saturated carbocycles. The molecule has 0 aromatic heterocycles. The Balaban J connectivity index is 1.39. The number of carbonyl (C=O) groups excluding carboxylic acids is 3. The van der Waals surface area contributed by atoms with Gasteiger partial charge in [0.15, 0.2) is 5.78 Å². The quantitative estimate of drug-likeness (QED) is 0.444. The monoisotopic (exact) mass is 471 g/mol. The second kappa shape index (κ2) is 9.62. The fraction of sp³-hybridized carbons (Fsp3) is 0.250. The van der Waals surface area contributed by atoms with Crippen molar-refractivity contribution in [1.82, 2.24) is 5.32 Å². The van der Waals surface area contributed by atoms with Crippen molar-refractivity contribution in [2.24, 2.45) is 5.92 Å². The summed E-state index contributed by atoms with van der Waals surface area (Å²) in [6.45, 7) is 0. The van der Waals surface area contributed by atoms with Crippen molar-refractivity contribution < 1.29 is 28.6 Å². The van der Waals surface area contributed by atoms with Crippen LogP contribution in [-0.4, -0.2) is 24.9 Å². The third-order valence-corrected chi connectivity index (χ3v) is 6.20. The molecule has 5 rings (SSSR count). The van der Waals surface area contributed by atoms with Crippen LogP contribution < -0.4 is 14.8 Å². The van der Waals surface area contributed by atoms with E-state index in [1.807, 2.05) is 18.2 Å². The first-order valence-corrected chi connectivity index (χ1v) is 11.6. The molecule has 0 spiro atoms. The van der Waals surface area contributed by atoms with Gasteiger partial charge in [-0.25, -0.2) is 4.79 Å². The molecule has 0 radical (unpaired) electrons. The van der Waals surface area contributed by atoms with Gasteiger partial charge in [0.05, 0.1) is 13.5 Å². The summed E-state index contributed by atoms with van der Waals surface area (Å²) in [5.41, 5.74) is 2.85. The van der Waals surface area contributed by atoms with Crippen LogP contribution in [0, 0.1) is 5.92 Å². The van der Waals surface area contributed by atoms with Crippen LogP contribution in [0.3, 0.4) is 0 Å². The Bertz CT molecular complexity index is 1260. The van der Waals surface area contributed by atoms with Gasteiger partial charge < -0.3 is 14.2 Å². The maximum absolute atomic E-state index is 13.1. The zero-order valence-electron chi connectivity index (χ0n) is 19.3. The summed E-state index contributed by atoms with van der Waals surface area (Å²) in [5.74, 6) is 2.10. The van der Waals surface area contributed by atoms with E-state index in [9.17, 15) is 14.4 Å². The van der Waals surface area contributed by atoms with Gasteiger partial charge in [-0.15, -0.1) is 0 Å². The van der Waals surface area contributed by atoms with Crippen LogP contribution in [0.15, 0.2) is 66.7 Å². The molecule has 2 amide bonds. The molecule has 1 aliphatic heterocycles. The maximum Gasteiger partial charge on any atom is 0.414 e. The van der Waals surface area contributed by atoms with E-state index in [4.69, 9.17) is 14.2 Å². The van der Waals surface area contributed by atoms with Gasteiger partial charge in [-0.1, -0.05) is 12.1 Å². The van der Waals surface area contributed by atoms with Crippen molar-refractivity contribution in [3.8, 4) is 17.2 Å². The molecule has 1 aliphatic carbocycles. The lowest BCUT2D eigenvalue weighted by molar-refractivity contribution is -0.125. The van der Waals surface area contributed by atoms with E-state index in [2.05, 4.69) is 5.32 Å². The number of imide groups is 1. The van der Waals surface area contributed by atoms with Crippen LogP contribution in [-0.2, 0) is 16.0 Å². The number of methoxy groups -OCH3 is 1. The number of nitrogens with one attached hydrogen (secondary N) is 1. The van der Waals surface area contributed by atoms with E-state index in [-0.39, 0.29) is 18.1 Å². The number of ketones is 1. The highest BCUT2D eigenvalue weighted by Gasteiger charge is 2.28. The summed E-state index contributed by atoms with van der Waals surface area (Å²) in [4.78, 5) is 36.4. The number of amides is 2. The molecule has 2 aliphatic rings. The van der Waals surface area contributed by atoms with Crippen LogP contribution in [0.1, 0.15) is 52.4 Å². The standard InChI is InChI=1S/C28H25NO6/c1-33-22-10-7-18(8-11-22)27(31)20-9-12-24(21(14-20)13-17-5-6-17)34-23-4-2-3-19(15-23)25-16-26(30)29-28(32)35-25/h2-4,7-12,14-15,17,25H,5-6,13,16H2,1H3,(H,29,30,32)/t25-/m1/s1. The minimum absolute atomic E-state index is 0.0596. The summed E-state index contributed by atoms with van der Waals surface area (Å²) in [5, 5.41) is 2.13. The van der Waals surface area contributed by atoms with Gasteiger partial charge in [0.2, 0.25) is 5.91 Å². The highest BCUT2D eigenvalue weighted by Crippen LogP contribution is 2.38. The molecule has 0 unspecified atom stereocenters. The molecule has 178 valence electrons. The van der Waals surface area contributed by atoms with E-state index in [1.165, 1.54) is 12.8 Å². The van der Waals surface area contributed by atoms with Crippen molar-refractivity contribution in [2.75, 3.05) is 7.11 Å². The van der Waals surface area contributed by atoms with Gasteiger partial charge in [-0.3, -0.25) is 14.9 Å². The fourth-order valence-electron chi connectivity index (χ4n) is 4.15. The molecule has 0 bridgehead atoms. The lowest BCUT2D eigenvalue weighted by Gasteiger charge is -2.22. The Hall–Kier alpha value is -4.13. The fourth-order valence-corrected chi connectivity index (χ4v) is 4.15. The van der Waals surface area contributed by atoms with Gasteiger partial charge >= 0.3 is 6.09 Å². The number of benzene rings is 3. The molecular formula is C28H25NO6. The minimum atomic E-state index is -0.749. The Labute approximate surface area is 203 Å². The molecular weight excluding hydrogens is 446 g/mol. The number of ether oxygens (including phenoxy) is 3. The Kier molecular flexibility index (Phi) is 6.23. The number of cyclic esters (lactones) is 1. The van der Waals surface area contributed by atoms with Gasteiger partial charge in [0.1, 0.15) is 23.4 Å². The Morgan fingerprint density at radius 2 is 1.74 bits per heavy atom. The summed E-state index contributed by atoms with van der Waals surface area (Å²) < 4.78 is 16.7. The van der Waals surface area contributed by atoms with Crippen LogP contribution in [0.4, 0.5) is 4.79 Å². The first kappa shape index (κ1) is 22.7. The number of hydrogen-bond acceptors (Lipinski definition) is 6. The maximum atomic E-state index is 13.1. The van der Waals surface area contributed by atoms with Crippen molar-refractivity contribution in [3.63, 3.8) is 0 Å². The first-order chi connectivity index (χ1) is 17.0. The third kappa shape index (κ3) is 5.35. The normalized spacial score (nSPS) is 17.3. The van der Waals surface area contributed by atoms with Gasteiger partial charge in [-0.2, -0.15) is 0 Å². The van der Waals surface area contributed by atoms with E-state index in [1.54, 1.807) is 55.6 Å². The van der Waals surface area contributed by atoms with Crippen molar-refractivity contribution in [2.45, 2.75) is 31.8 Å². The van der Waals surface area contributed by atoms with E-state index < -0.39 is 12.2 Å². The lowest BCUT2D eigenvalue weighted by atomic mass is 9.98. The molecule has 3 aromatic rings. The molecule has 7 heteroatoms. The first-order valence-electron chi connectivity index (χ1n) is 11.6. The van der Waals surface area contributed by atoms with Crippen molar-refractivity contribution in [1.29, 1.82) is 0 Å². The molecule has 2 fully saturated rings. The van der Waals surface area contributed by atoms with Crippen molar-refractivity contribution >= 4 is 17.8 Å². The van der Waals surface area contributed by atoms with Crippen LogP contribution >= 0.6 is 0 Å². The predicted molar refractivity (Wildman–Crippen MR) is 128 cm³/mol. The van der Waals surface area contributed by atoms with E-state index >= 15 is 0 Å². The Morgan fingerprint density at radius 1 is 0.971 bits per heavy atom. The van der Waals surface area contributed by atoms with E-state index in [0.29, 0.717) is 39.9 Å². The summed E-state index contributed by atoms with van der Waals surface area (Å²) >= 11 is 0. The molecule has 1 N–H and O–H groups in total. The zero-order valence-corrected chi connectivity index (χ0v) is 19.3. The largest absolute Gasteiger partial charge is 0.497 e. The summed E-state index contributed by atoms with van der Waals surface area (Å²) in [6.07, 6.45) is 1.82. The van der Waals surface area contributed by atoms with Crippen LogP contribution in [0.2, 0.25) is 0 Å². The van der Waals surface area contributed by atoms with Gasteiger partial charge in [0.25, 0.3) is 0 Å². The number of rotatable bonds is 8. The molecule has 1 saturated heterocycles. The number of alkyl carbamates (subject to hydrolysis) is 1. The molecule has 1 atom stereocenters. The summed E-state index contributed by atoms with van der Waals surface area (Å²) in [7, 11) is 1.59. The lowest BCUT2D eigenvalue weighted by Crippen LogP contribution is -2.38. The summed E-state index contributed by atoms with van der Waals surface area (Å²) in [6, 6.07) is 19.8. The molecule has 3 aromatic carbocycles. The minimum Gasteiger partial charge on any atom is -0.497 e. The predicted octanol–water partition coefficient (Wildman–Crippen LogP) is 5.37. The number of carbonyl (C=O) groups is 3. The average molecular weight is 472 g/mol. The smallest absolute Gasteiger partial charge is 0.414 e. The number of hydrogen-bond donors (Lipinski definition) is 1. The zero-order chi connectivity index (χ0) is 24.4. The van der Waals surface area contributed by atoms with Gasteiger partial charge in [0, 0.05) is 11.1 Å². The van der Waals surface area contributed by atoms with Gasteiger partial charge in [-0.05, 0) is 90.9 Å². The highest BCUT2D eigenvalue weighted by atomic mass is 16.6. The Morgan fingerprint density at radius 3 is 2.46 bits per heavy atom. The SMILES string of the molecule is COc1ccc(C(=O)c2ccc(Oc3cccc([C@H]4CC(=O)NC(=O)O4)c3)c(CC3CC3)c2)cc1.